The first-order valence-electron chi connectivity index (χ1n) is 7.84. The molecular formula is C21H19BrN2. The minimum Gasteiger partial charge on any atom is -0.197 e. The van der Waals surface area contributed by atoms with Crippen LogP contribution in [0.1, 0.15) is 37.3 Å². The lowest BCUT2D eigenvalue weighted by atomic mass is 9.81. The van der Waals surface area contributed by atoms with Gasteiger partial charge in [-0.2, -0.15) is 10.5 Å². The molecule has 0 aromatic heterocycles. The highest BCUT2D eigenvalue weighted by Gasteiger charge is 2.25. The molecule has 120 valence electrons. The Morgan fingerprint density at radius 3 is 2.12 bits per heavy atom. The lowest BCUT2D eigenvalue weighted by molar-refractivity contribution is 0.603. The minimum atomic E-state index is -0.678. The summed E-state index contributed by atoms with van der Waals surface area (Å²) in [7, 11) is 0. The average molecular weight is 379 g/mol. The van der Waals surface area contributed by atoms with Crippen molar-refractivity contribution in [3.63, 3.8) is 0 Å². The summed E-state index contributed by atoms with van der Waals surface area (Å²) >= 11 is 3.56. The number of nitrogens with zero attached hydrogens (tertiary/aromatic N) is 2. The molecule has 2 nitrogen and oxygen atoms in total. The molecule has 0 spiro atoms. The summed E-state index contributed by atoms with van der Waals surface area (Å²) in [5.74, 6) is -0.837. The molecule has 1 atom stereocenters. The predicted octanol–water partition coefficient (Wildman–Crippen LogP) is 6.08. The van der Waals surface area contributed by atoms with E-state index >= 15 is 0 Å². The Bertz CT molecular complexity index is 796. The molecule has 0 saturated heterocycles. The standard InChI is InChI=1S/C21H19BrN2/c1-15(16(2)17-8-4-3-5-9-17)12-20(18(13-23)14-24)19-10-6-7-11-21(19)22/h3-11,18,20H,12H2,1-2H3/b16-15+/t20-/m0/s1. The Balaban J connectivity index is 2.41. The third-order valence-corrected chi connectivity index (χ3v) is 5.08. The fourth-order valence-corrected chi connectivity index (χ4v) is 3.39. The van der Waals surface area contributed by atoms with E-state index in [-0.39, 0.29) is 5.92 Å². The van der Waals surface area contributed by atoms with Crippen LogP contribution in [0.25, 0.3) is 5.57 Å². The van der Waals surface area contributed by atoms with Gasteiger partial charge in [-0.15, -0.1) is 0 Å². The van der Waals surface area contributed by atoms with Crippen molar-refractivity contribution in [3.8, 4) is 12.1 Å². The molecule has 0 aliphatic rings. The molecule has 0 fully saturated rings. The van der Waals surface area contributed by atoms with E-state index in [4.69, 9.17) is 0 Å². The van der Waals surface area contributed by atoms with Crippen LogP contribution in [0, 0.1) is 28.6 Å². The highest BCUT2D eigenvalue weighted by molar-refractivity contribution is 9.10. The van der Waals surface area contributed by atoms with Crippen LogP contribution >= 0.6 is 15.9 Å². The van der Waals surface area contributed by atoms with E-state index < -0.39 is 5.92 Å². The Kier molecular flexibility index (Phi) is 6.36. The topological polar surface area (TPSA) is 47.6 Å². The van der Waals surface area contributed by atoms with Gasteiger partial charge in [0.15, 0.2) is 0 Å². The Labute approximate surface area is 152 Å². The zero-order valence-corrected chi connectivity index (χ0v) is 15.4. The number of nitriles is 2. The van der Waals surface area contributed by atoms with E-state index in [2.05, 4.69) is 54.0 Å². The van der Waals surface area contributed by atoms with Crippen molar-refractivity contribution in [1.82, 2.24) is 0 Å². The van der Waals surface area contributed by atoms with Crippen LogP contribution in [-0.2, 0) is 0 Å². The summed E-state index contributed by atoms with van der Waals surface area (Å²) in [5.41, 5.74) is 4.57. The Morgan fingerprint density at radius 2 is 1.54 bits per heavy atom. The molecule has 0 aliphatic heterocycles. The van der Waals surface area contributed by atoms with E-state index in [1.807, 2.05) is 42.5 Å². The SMILES string of the molecule is C/C(C[C@H](c1ccccc1Br)C(C#N)C#N)=C(/C)c1ccccc1. The zero-order valence-electron chi connectivity index (χ0n) is 13.8. The van der Waals surface area contributed by atoms with Gasteiger partial charge in [0.05, 0.1) is 12.1 Å². The fourth-order valence-electron chi connectivity index (χ4n) is 2.81. The van der Waals surface area contributed by atoms with Crippen LogP contribution < -0.4 is 0 Å². The van der Waals surface area contributed by atoms with Crippen molar-refractivity contribution >= 4 is 21.5 Å². The maximum atomic E-state index is 9.41. The maximum absolute atomic E-state index is 9.41. The smallest absolute Gasteiger partial charge is 0.140 e. The quantitative estimate of drug-likeness (QED) is 0.632. The van der Waals surface area contributed by atoms with E-state index in [1.165, 1.54) is 16.7 Å². The van der Waals surface area contributed by atoms with Gasteiger partial charge in [-0.3, -0.25) is 0 Å². The van der Waals surface area contributed by atoms with E-state index in [0.717, 1.165) is 10.0 Å². The first-order chi connectivity index (χ1) is 11.6. The molecule has 0 N–H and O–H groups in total. The van der Waals surface area contributed by atoms with Crippen LogP contribution in [-0.4, -0.2) is 0 Å². The first-order valence-corrected chi connectivity index (χ1v) is 8.63. The molecule has 0 unspecified atom stereocenters. The lowest BCUT2D eigenvalue weighted by Gasteiger charge is -2.21. The summed E-state index contributed by atoms with van der Waals surface area (Å²) in [5, 5.41) is 18.8. The number of rotatable bonds is 5. The number of allylic oxidation sites excluding steroid dienone is 2. The van der Waals surface area contributed by atoms with Crippen molar-refractivity contribution in [1.29, 1.82) is 10.5 Å². The van der Waals surface area contributed by atoms with Crippen LogP contribution in [0.3, 0.4) is 0 Å². The van der Waals surface area contributed by atoms with Gasteiger partial charge < -0.3 is 0 Å². The molecule has 2 aromatic carbocycles. The van der Waals surface area contributed by atoms with Crippen LogP contribution in [0.2, 0.25) is 0 Å². The predicted molar refractivity (Wildman–Crippen MR) is 101 cm³/mol. The second kappa shape index (κ2) is 8.48. The molecule has 0 radical (unpaired) electrons. The lowest BCUT2D eigenvalue weighted by Crippen LogP contribution is -2.11. The molecule has 24 heavy (non-hydrogen) atoms. The highest BCUT2D eigenvalue weighted by atomic mass is 79.9. The summed E-state index contributed by atoms with van der Waals surface area (Å²) in [6.45, 7) is 4.17. The number of halogens is 1. The van der Waals surface area contributed by atoms with Crippen LogP contribution in [0.15, 0.2) is 64.6 Å². The van der Waals surface area contributed by atoms with Crippen molar-refractivity contribution in [2.45, 2.75) is 26.2 Å². The average Bonchev–Trinajstić information content (AvgIpc) is 2.62. The summed E-state index contributed by atoms with van der Waals surface area (Å²) in [4.78, 5) is 0. The second-order valence-corrected chi connectivity index (χ2v) is 6.69. The maximum Gasteiger partial charge on any atom is 0.140 e. The van der Waals surface area contributed by atoms with Crippen molar-refractivity contribution in [3.05, 3.63) is 75.8 Å². The van der Waals surface area contributed by atoms with Gasteiger partial charge in [0.25, 0.3) is 0 Å². The Morgan fingerprint density at radius 1 is 0.958 bits per heavy atom. The monoisotopic (exact) mass is 378 g/mol. The highest BCUT2D eigenvalue weighted by Crippen LogP contribution is 2.36. The van der Waals surface area contributed by atoms with Gasteiger partial charge in [-0.05, 0) is 43.0 Å². The van der Waals surface area contributed by atoms with Crippen LogP contribution in [0.5, 0.6) is 0 Å². The van der Waals surface area contributed by atoms with Gasteiger partial charge in [-0.1, -0.05) is 70.0 Å². The fraction of sp³-hybridized carbons (Fsp3) is 0.238. The van der Waals surface area contributed by atoms with E-state index in [0.29, 0.717) is 6.42 Å². The molecular weight excluding hydrogens is 360 g/mol. The molecule has 0 aliphatic carbocycles. The van der Waals surface area contributed by atoms with Crippen LogP contribution in [0.4, 0.5) is 0 Å². The third-order valence-electron chi connectivity index (χ3n) is 4.36. The van der Waals surface area contributed by atoms with Gasteiger partial charge in [-0.25, -0.2) is 0 Å². The van der Waals surface area contributed by atoms with E-state index in [9.17, 15) is 10.5 Å². The second-order valence-electron chi connectivity index (χ2n) is 5.84. The van der Waals surface area contributed by atoms with Crippen molar-refractivity contribution in [2.24, 2.45) is 5.92 Å². The van der Waals surface area contributed by atoms with Gasteiger partial charge in [0, 0.05) is 10.4 Å². The normalized spacial score (nSPS) is 12.9. The molecule has 0 bridgehead atoms. The molecule has 3 heteroatoms. The molecule has 0 amide bonds. The van der Waals surface area contributed by atoms with Gasteiger partial charge in [0.1, 0.15) is 5.92 Å². The third kappa shape index (κ3) is 4.13. The Hall–Kier alpha value is -2.36. The first kappa shape index (κ1) is 18.0. The largest absolute Gasteiger partial charge is 0.197 e. The number of benzene rings is 2. The summed E-state index contributed by atoms with van der Waals surface area (Å²) in [6.07, 6.45) is 0.676. The van der Waals surface area contributed by atoms with Crippen molar-refractivity contribution in [2.75, 3.05) is 0 Å². The number of hydrogen-bond acceptors (Lipinski definition) is 2. The summed E-state index contributed by atoms with van der Waals surface area (Å²) < 4.78 is 0.940. The molecule has 2 aromatic rings. The number of hydrogen-bond donors (Lipinski definition) is 0. The molecule has 0 saturated carbocycles. The minimum absolute atomic E-state index is 0.158. The molecule has 2 rings (SSSR count). The van der Waals surface area contributed by atoms with Crippen molar-refractivity contribution < 1.29 is 0 Å². The van der Waals surface area contributed by atoms with Gasteiger partial charge >= 0.3 is 0 Å². The summed E-state index contributed by atoms with van der Waals surface area (Å²) in [6, 6.07) is 22.3. The van der Waals surface area contributed by atoms with Gasteiger partial charge in [0.2, 0.25) is 0 Å². The zero-order chi connectivity index (χ0) is 17.5. The van der Waals surface area contributed by atoms with E-state index in [1.54, 1.807) is 0 Å². The molecule has 0 heterocycles.